The van der Waals surface area contributed by atoms with Crippen molar-refractivity contribution >= 4 is 5.69 Å². The Bertz CT molecular complexity index is 366. The van der Waals surface area contributed by atoms with Gasteiger partial charge in [0.05, 0.1) is 11.9 Å². The second-order valence-electron chi connectivity index (χ2n) is 4.91. The van der Waals surface area contributed by atoms with E-state index in [0.29, 0.717) is 25.4 Å². The minimum Gasteiger partial charge on any atom is -0.388 e. The van der Waals surface area contributed by atoms with Crippen LogP contribution in [-0.4, -0.2) is 35.5 Å². The number of nitrogens with zero attached hydrogens (tertiary/aromatic N) is 2. The molecule has 1 aromatic heterocycles. The van der Waals surface area contributed by atoms with Crippen LogP contribution < -0.4 is 4.90 Å². The van der Waals surface area contributed by atoms with Gasteiger partial charge in [0, 0.05) is 18.8 Å². The predicted octanol–water partition coefficient (Wildman–Crippen LogP) is 2.11. The van der Waals surface area contributed by atoms with Crippen LogP contribution in [0.25, 0.3) is 0 Å². The summed E-state index contributed by atoms with van der Waals surface area (Å²) >= 11 is 0. The number of rotatable bonds is 2. The van der Waals surface area contributed by atoms with Crippen molar-refractivity contribution in [1.29, 1.82) is 0 Å². The zero-order chi connectivity index (χ0) is 12.4. The average molecular weight is 238 g/mol. The molecule has 0 spiro atoms. The number of aliphatic hydroxyl groups is 1. The molecule has 2 rings (SSSR count). The zero-order valence-corrected chi connectivity index (χ0v) is 10.3. The van der Waals surface area contributed by atoms with Crippen molar-refractivity contribution in [1.82, 2.24) is 4.98 Å². The van der Waals surface area contributed by atoms with Crippen LogP contribution in [0.5, 0.6) is 0 Å². The summed E-state index contributed by atoms with van der Waals surface area (Å²) in [7, 11) is 0. The molecule has 3 nitrogen and oxygen atoms in total. The Hall–Kier alpha value is -1.16. The predicted molar refractivity (Wildman–Crippen MR) is 66.1 cm³/mol. The van der Waals surface area contributed by atoms with E-state index in [9.17, 15) is 9.50 Å². The fraction of sp³-hybridized carbons (Fsp3) is 0.615. The minimum absolute atomic E-state index is 0.351. The van der Waals surface area contributed by atoms with Gasteiger partial charge in [0.1, 0.15) is 12.3 Å². The Morgan fingerprint density at radius 1 is 1.47 bits per heavy atom. The lowest BCUT2D eigenvalue weighted by atomic mass is 10.1. The molecule has 0 saturated carbocycles. The molecule has 1 aromatic rings. The summed E-state index contributed by atoms with van der Waals surface area (Å²) in [6.45, 7) is 5.19. The molecule has 1 aliphatic heterocycles. The largest absolute Gasteiger partial charge is 0.388 e. The van der Waals surface area contributed by atoms with Crippen molar-refractivity contribution in [3.05, 3.63) is 24.0 Å². The molecule has 0 aliphatic carbocycles. The average Bonchev–Trinajstić information content (AvgIpc) is 2.33. The minimum atomic E-state index is -1.09. The summed E-state index contributed by atoms with van der Waals surface area (Å²) in [5, 5.41) is 9.52. The van der Waals surface area contributed by atoms with Crippen LogP contribution in [0.1, 0.15) is 31.9 Å². The Morgan fingerprint density at radius 2 is 2.24 bits per heavy atom. The molecular formula is C13H19FN2O. The fourth-order valence-corrected chi connectivity index (χ4v) is 2.06. The standard InChI is InChI=1S/C13H19FN2O/c1-9(2)12-4-3-10(7-15-12)16-6-5-11(14)13(17)8-16/h3-4,7,9,11,13,17H,5-6,8H2,1-2H3/t11-,13+/m1/s1. The number of hydrogen-bond acceptors (Lipinski definition) is 3. The molecule has 2 atom stereocenters. The van der Waals surface area contributed by atoms with Crippen molar-refractivity contribution < 1.29 is 9.50 Å². The van der Waals surface area contributed by atoms with E-state index in [1.54, 1.807) is 6.20 Å². The lowest BCUT2D eigenvalue weighted by Crippen LogP contribution is -2.45. The maximum absolute atomic E-state index is 13.1. The first-order valence-electron chi connectivity index (χ1n) is 6.11. The molecule has 0 amide bonds. The lowest BCUT2D eigenvalue weighted by Gasteiger charge is -2.33. The number of β-amino-alcohol motifs (C(OH)–C–C–N with tert-alkyl or cyclic N) is 1. The van der Waals surface area contributed by atoms with Gasteiger partial charge in [0.15, 0.2) is 0 Å². The maximum atomic E-state index is 13.1. The van der Waals surface area contributed by atoms with E-state index in [4.69, 9.17) is 0 Å². The molecule has 1 saturated heterocycles. The number of hydrogen-bond donors (Lipinski definition) is 1. The monoisotopic (exact) mass is 238 g/mol. The number of anilines is 1. The van der Waals surface area contributed by atoms with Gasteiger partial charge in [0.2, 0.25) is 0 Å². The lowest BCUT2D eigenvalue weighted by molar-refractivity contribution is 0.0645. The first-order valence-corrected chi connectivity index (χ1v) is 6.11. The molecule has 94 valence electrons. The molecule has 0 bridgehead atoms. The van der Waals surface area contributed by atoms with Crippen LogP contribution in [0.3, 0.4) is 0 Å². The third kappa shape index (κ3) is 2.75. The van der Waals surface area contributed by atoms with Gasteiger partial charge in [-0.15, -0.1) is 0 Å². The number of pyridine rings is 1. The van der Waals surface area contributed by atoms with Gasteiger partial charge < -0.3 is 10.0 Å². The fourth-order valence-electron chi connectivity index (χ4n) is 2.06. The van der Waals surface area contributed by atoms with E-state index in [1.807, 2.05) is 17.0 Å². The number of halogens is 1. The molecule has 17 heavy (non-hydrogen) atoms. The van der Waals surface area contributed by atoms with Crippen molar-refractivity contribution in [2.45, 2.75) is 38.5 Å². The van der Waals surface area contributed by atoms with Crippen molar-refractivity contribution in [2.24, 2.45) is 0 Å². The van der Waals surface area contributed by atoms with Gasteiger partial charge in [-0.05, 0) is 24.5 Å². The van der Waals surface area contributed by atoms with E-state index in [-0.39, 0.29) is 0 Å². The Balaban J connectivity index is 2.07. The molecule has 4 heteroatoms. The first-order chi connectivity index (χ1) is 8.08. The number of piperidine rings is 1. The van der Waals surface area contributed by atoms with Crippen LogP contribution in [-0.2, 0) is 0 Å². The Labute approximate surface area is 101 Å². The second kappa shape index (κ2) is 5.00. The van der Waals surface area contributed by atoms with Crippen LogP contribution in [0.15, 0.2) is 18.3 Å². The summed E-state index contributed by atoms with van der Waals surface area (Å²) in [6, 6.07) is 3.99. The summed E-state index contributed by atoms with van der Waals surface area (Å²) in [4.78, 5) is 6.36. The third-order valence-electron chi connectivity index (χ3n) is 3.23. The highest BCUT2D eigenvalue weighted by atomic mass is 19.1. The maximum Gasteiger partial charge on any atom is 0.129 e. The molecule has 0 radical (unpaired) electrons. The van der Waals surface area contributed by atoms with E-state index in [2.05, 4.69) is 18.8 Å². The van der Waals surface area contributed by atoms with E-state index >= 15 is 0 Å². The third-order valence-corrected chi connectivity index (χ3v) is 3.23. The number of aromatic nitrogens is 1. The molecule has 2 heterocycles. The Morgan fingerprint density at radius 3 is 2.76 bits per heavy atom. The van der Waals surface area contributed by atoms with Gasteiger partial charge in [-0.3, -0.25) is 4.98 Å². The smallest absolute Gasteiger partial charge is 0.129 e. The quantitative estimate of drug-likeness (QED) is 0.857. The molecule has 1 aliphatic rings. The summed E-state index contributed by atoms with van der Waals surface area (Å²) in [6.07, 6.45) is 0.218. The summed E-state index contributed by atoms with van der Waals surface area (Å²) < 4.78 is 13.1. The van der Waals surface area contributed by atoms with Crippen molar-refractivity contribution in [2.75, 3.05) is 18.0 Å². The Kier molecular flexibility index (Phi) is 3.62. The molecule has 1 fully saturated rings. The topological polar surface area (TPSA) is 36.4 Å². The van der Waals surface area contributed by atoms with Gasteiger partial charge >= 0.3 is 0 Å². The van der Waals surface area contributed by atoms with Gasteiger partial charge in [-0.1, -0.05) is 13.8 Å². The van der Waals surface area contributed by atoms with Crippen molar-refractivity contribution in [3.8, 4) is 0 Å². The van der Waals surface area contributed by atoms with Gasteiger partial charge in [-0.25, -0.2) is 4.39 Å². The number of alkyl halides is 1. The van der Waals surface area contributed by atoms with Crippen LogP contribution in [0, 0.1) is 0 Å². The zero-order valence-electron chi connectivity index (χ0n) is 10.3. The highest BCUT2D eigenvalue weighted by Crippen LogP contribution is 2.22. The van der Waals surface area contributed by atoms with Crippen molar-refractivity contribution in [3.63, 3.8) is 0 Å². The molecule has 0 unspecified atom stereocenters. The number of aliphatic hydroxyl groups excluding tert-OH is 1. The normalized spacial score (nSPS) is 25.4. The van der Waals surface area contributed by atoms with E-state index in [1.165, 1.54) is 0 Å². The van der Waals surface area contributed by atoms with Crippen LogP contribution in [0.2, 0.25) is 0 Å². The summed E-state index contributed by atoms with van der Waals surface area (Å²) in [5.41, 5.74) is 2.01. The second-order valence-corrected chi connectivity index (χ2v) is 4.91. The summed E-state index contributed by atoms with van der Waals surface area (Å²) in [5.74, 6) is 0.409. The van der Waals surface area contributed by atoms with Gasteiger partial charge in [-0.2, -0.15) is 0 Å². The highest BCUT2D eigenvalue weighted by Gasteiger charge is 2.27. The molecule has 1 N–H and O–H groups in total. The van der Waals surface area contributed by atoms with E-state index in [0.717, 1.165) is 11.4 Å². The SMILES string of the molecule is CC(C)c1ccc(N2CC[C@@H](F)[C@@H](O)C2)cn1. The molecule has 0 aromatic carbocycles. The van der Waals surface area contributed by atoms with Crippen LogP contribution >= 0.6 is 0 Å². The van der Waals surface area contributed by atoms with E-state index < -0.39 is 12.3 Å². The highest BCUT2D eigenvalue weighted by molar-refractivity contribution is 5.45. The first kappa shape index (κ1) is 12.3. The molecular weight excluding hydrogens is 219 g/mol. The van der Waals surface area contributed by atoms with Crippen LogP contribution in [0.4, 0.5) is 10.1 Å². The van der Waals surface area contributed by atoms with Gasteiger partial charge in [0.25, 0.3) is 0 Å².